The highest BCUT2D eigenvalue weighted by Crippen LogP contribution is 2.21. The lowest BCUT2D eigenvalue weighted by atomic mass is 10.2. The number of hydrogen-bond acceptors (Lipinski definition) is 4. The van der Waals surface area contributed by atoms with Crippen molar-refractivity contribution in [2.75, 3.05) is 19.8 Å². The molecule has 1 N–H and O–H groups in total. The molecule has 1 aromatic carbocycles. The van der Waals surface area contributed by atoms with E-state index in [1.165, 1.54) is 0 Å². The molecular formula is C16H17F3N2O3. The van der Waals surface area contributed by atoms with E-state index in [1.54, 1.807) is 6.92 Å². The van der Waals surface area contributed by atoms with Gasteiger partial charge in [-0.3, -0.25) is 4.79 Å². The Morgan fingerprint density at radius 3 is 2.67 bits per heavy atom. The molecule has 0 unspecified atom stereocenters. The zero-order chi connectivity index (χ0) is 17.6. The molecule has 5 nitrogen and oxygen atoms in total. The van der Waals surface area contributed by atoms with E-state index in [0.717, 1.165) is 5.56 Å². The van der Waals surface area contributed by atoms with Crippen molar-refractivity contribution >= 4 is 5.91 Å². The summed E-state index contributed by atoms with van der Waals surface area (Å²) in [6.45, 7) is 0.163. The van der Waals surface area contributed by atoms with Crippen molar-refractivity contribution in [3.63, 3.8) is 0 Å². The highest BCUT2D eigenvalue weighted by molar-refractivity contribution is 5.78. The maximum Gasteiger partial charge on any atom is 0.411 e. The zero-order valence-electron chi connectivity index (χ0n) is 13.0. The number of carbonyl (C=O) groups is 1. The molecule has 130 valence electrons. The Morgan fingerprint density at radius 1 is 1.29 bits per heavy atom. The largest absolute Gasteiger partial charge is 0.441 e. The van der Waals surface area contributed by atoms with Gasteiger partial charge >= 0.3 is 6.18 Å². The Labute approximate surface area is 136 Å². The van der Waals surface area contributed by atoms with Gasteiger partial charge in [0.25, 0.3) is 0 Å². The summed E-state index contributed by atoms with van der Waals surface area (Å²) in [7, 11) is 0. The average molecular weight is 342 g/mol. The van der Waals surface area contributed by atoms with E-state index in [9.17, 15) is 18.0 Å². The third-order valence-electron chi connectivity index (χ3n) is 3.08. The molecule has 24 heavy (non-hydrogen) atoms. The second-order valence-electron chi connectivity index (χ2n) is 5.08. The van der Waals surface area contributed by atoms with Gasteiger partial charge in [0.2, 0.25) is 11.8 Å². The third-order valence-corrected chi connectivity index (χ3v) is 3.08. The number of benzene rings is 1. The Hall–Kier alpha value is -2.35. The third kappa shape index (κ3) is 5.69. The molecule has 0 aliphatic carbocycles. The molecule has 0 saturated heterocycles. The van der Waals surface area contributed by atoms with E-state index in [2.05, 4.69) is 15.0 Å². The lowest BCUT2D eigenvalue weighted by molar-refractivity contribution is -0.173. The summed E-state index contributed by atoms with van der Waals surface area (Å²) in [4.78, 5) is 16.1. The number of nitrogens with one attached hydrogen (secondary N) is 1. The average Bonchev–Trinajstić information content (AvgIpc) is 2.88. The minimum atomic E-state index is -4.37. The van der Waals surface area contributed by atoms with Crippen molar-refractivity contribution in [1.82, 2.24) is 10.3 Å². The van der Waals surface area contributed by atoms with Gasteiger partial charge in [-0.15, -0.1) is 0 Å². The molecule has 0 bridgehead atoms. The number of carbonyl (C=O) groups excluding carboxylic acids is 1. The molecule has 1 aromatic heterocycles. The van der Waals surface area contributed by atoms with E-state index in [1.807, 2.05) is 30.3 Å². The van der Waals surface area contributed by atoms with Crippen LogP contribution in [0.4, 0.5) is 13.2 Å². The van der Waals surface area contributed by atoms with Gasteiger partial charge in [0.15, 0.2) is 0 Å². The van der Waals surface area contributed by atoms with E-state index in [4.69, 9.17) is 4.42 Å². The fourth-order valence-corrected chi connectivity index (χ4v) is 1.96. The van der Waals surface area contributed by atoms with Crippen molar-refractivity contribution in [1.29, 1.82) is 0 Å². The SMILES string of the molecule is Cc1oc(-c2ccccc2)nc1CC(=O)NCCOCC(F)(F)F. The topological polar surface area (TPSA) is 64.4 Å². The first-order chi connectivity index (χ1) is 11.3. The van der Waals surface area contributed by atoms with Crippen molar-refractivity contribution in [3.05, 3.63) is 41.8 Å². The number of oxazole rings is 1. The second kappa shape index (κ2) is 7.96. The fourth-order valence-electron chi connectivity index (χ4n) is 1.96. The van der Waals surface area contributed by atoms with Crippen LogP contribution in [-0.4, -0.2) is 36.8 Å². The van der Waals surface area contributed by atoms with Gasteiger partial charge in [-0.2, -0.15) is 13.2 Å². The van der Waals surface area contributed by atoms with E-state index in [0.29, 0.717) is 17.3 Å². The predicted octanol–water partition coefficient (Wildman–Crippen LogP) is 2.89. The molecule has 2 rings (SSSR count). The number of aromatic nitrogens is 1. The summed E-state index contributed by atoms with van der Waals surface area (Å²) >= 11 is 0. The molecule has 0 aliphatic rings. The molecule has 0 saturated carbocycles. The Bertz CT molecular complexity index is 669. The first-order valence-corrected chi connectivity index (χ1v) is 7.28. The van der Waals surface area contributed by atoms with Gasteiger partial charge in [0.1, 0.15) is 12.4 Å². The monoisotopic (exact) mass is 342 g/mol. The molecule has 0 atom stereocenters. The number of nitrogens with zero attached hydrogens (tertiary/aromatic N) is 1. The number of ether oxygens (including phenoxy) is 1. The van der Waals surface area contributed by atoms with E-state index < -0.39 is 12.8 Å². The lowest BCUT2D eigenvalue weighted by Crippen LogP contribution is -2.30. The van der Waals surface area contributed by atoms with Gasteiger partial charge in [-0.1, -0.05) is 18.2 Å². The summed E-state index contributed by atoms with van der Waals surface area (Å²) in [5.74, 6) is 0.586. The fraction of sp³-hybridized carbons (Fsp3) is 0.375. The Morgan fingerprint density at radius 2 is 2.00 bits per heavy atom. The molecule has 0 fully saturated rings. The van der Waals surface area contributed by atoms with Crippen molar-refractivity contribution < 1.29 is 27.1 Å². The lowest BCUT2D eigenvalue weighted by Gasteiger charge is -2.08. The number of amides is 1. The summed E-state index contributed by atoms with van der Waals surface area (Å²) in [6.07, 6.45) is -4.38. The van der Waals surface area contributed by atoms with Crippen molar-refractivity contribution in [3.8, 4) is 11.5 Å². The molecule has 2 aromatic rings. The van der Waals surface area contributed by atoms with Crippen LogP contribution >= 0.6 is 0 Å². The minimum absolute atomic E-state index is 0.00262. The molecule has 1 amide bonds. The molecule has 8 heteroatoms. The first kappa shape index (κ1) is 18.0. The number of rotatable bonds is 7. The van der Waals surface area contributed by atoms with Gasteiger partial charge in [-0.05, 0) is 19.1 Å². The Kier molecular flexibility index (Phi) is 5.97. The van der Waals surface area contributed by atoms with Crippen molar-refractivity contribution in [2.24, 2.45) is 0 Å². The molecule has 0 spiro atoms. The molecule has 0 radical (unpaired) electrons. The zero-order valence-corrected chi connectivity index (χ0v) is 13.0. The van der Waals surface area contributed by atoms with E-state index >= 15 is 0 Å². The van der Waals surface area contributed by atoms with Crippen LogP contribution in [0.5, 0.6) is 0 Å². The quantitative estimate of drug-likeness (QED) is 0.786. The molecule has 1 heterocycles. The summed E-state index contributed by atoms with van der Waals surface area (Å²) < 4.78 is 45.6. The number of aryl methyl sites for hydroxylation is 1. The van der Waals surface area contributed by atoms with Crippen LogP contribution in [-0.2, 0) is 16.0 Å². The van der Waals surface area contributed by atoms with Crippen LogP contribution in [0, 0.1) is 6.92 Å². The van der Waals surface area contributed by atoms with Gasteiger partial charge in [0.05, 0.1) is 18.7 Å². The maximum absolute atomic E-state index is 11.9. The number of alkyl halides is 3. The highest BCUT2D eigenvalue weighted by atomic mass is 19.4. The number of halogens is 3. The molecular weight excluding hydrogens is 325 g/mol. The Balaban J connectivity index is 1.81. The van der Waals surface area contributed by atoms with E-state index in [-0.39, 0.29) is 25.5 Å². The normalized spacial score (nSPS) is 11.5. The highest BCUT2D eigenvalue weighted by Gasteiger charge is 2.27. The standard InChI is InChI=1S/C16H17F3N2O3/c1-11-13(21-15(24-11)12-5-3-2-4-6-12)9-14(22)20-7-8-23-10-16(17,18)19/h2-6H,7-10H2,1H3,(H,20,22). The van der Waals surface area contributed by atoms with Gasteiger partial charge < -0.3 is 14.5 Å². The minimum Gasteiger partial charge on any atom is -0.441 e. The van der Waals surface area contributed by atoms with Gasteiger partial charge in [-0.25, -0.2) is 4.98 Å². The summed E-state index contributed by atoms with van der Waals surface area (Å²) in [5, 5.41) is 2.48. The van der Waals surface area contributed by atoms with Gasteiger partial charge in [0, 0.05) is 12.1 Å². The maximum atomic E-state index is 11.9. The summed E-state index contributed by atoms with van der Waals surface area (Å²) in [5.41, 5.74) is 1.29. The van der Waals surface area contributed by atoms with Crippen LogP contribution in [0.15, 0.2) is 34.7 Å². The number of hydrogen-bond donors (Lipinski definition) is 1. The van der Waals surface area contributed by atoms with Crippen LogP contribution in [0.3, 0.4) is 0 Å². The smallest absolute Gasteiger partial charge is 0.411 e. The van der Waals surface area contributed by atoms with Crippen LogP contribution in [0.25, 0.3) is 11.5 Å². The summed E-state index contributed by atoms with van der Waals surface area (Å²) in [6, 6.07) is 9.25. The molecule has 0 aliphatic heterocycles. The second-order valence-corrected chi connectivity index (χ2v) is 5.08. The van der Waals surface area contributed by atoms with Crippen LogP contribution < -0.4 is 5.32 Å². The van der Waals surface area contributed by atoms with Crippen molar-refractivity contribution in [2.45, 2.75) is 19.5 Å². The first-order valence-electron chi connectivity index (χ1n) is 7.28. The van der Waals surface area contributed by atoms with Crippen LogP contribution in [0.1, 0.15) is 11.5 Å². The van der Waals surface area contributed by atoms with Crippen LogP contribution in [0.2, 0.25) is 0 Å². The predicted molar refractivity (Wildman–Crippen MR) is 80.3 cm³/mol.